The Hall–Kier alpha value is -1.92. The van der Waals surface area contributed by atoms with Crippen molar-refractivity contribution in [1.82, 2.24) is 4.90 Å². The lowest BCUT2D eigenvalue weighted by atomic mass is 10.0. The number of rotatable bonds is 3. The second-order valence-corrected chi connectivity index (χ2v) is 8.14. The van der Waals surface area contributed by atoms with Crippen molar-refractivity contribution in [3.05, 3.63) is 28.8 Å². The number of nitrogens with one attached hydrogen (secondary N) is 1. The molecule has 2 aliphatic heterocycles. The fraction of sp³-hybridized carbons (Fsp3) is 0.619. The molecule has 3 fully saturated rings. The van der Waals surface area contributed by atoms with E-state index in [0.29, 0.717) is 45.6 Å². The predicted molar refractivity (Wildman–Crippen MR) is 101 cm³/mol. The van der Waals surface area contributed by atoms with Gasteiger partial charge in [0, 0.05) is 31.6 Å². The first kappa shape index (κ1) is 18.4. The number of carbonyl (C=O) groups is 2. The topological polar surface area (TPSA) is 67.9 Å². The Kier molecular flexibility index (Phi) is 4.72. The van der Waals surface area contributed by atoms with E-state index < -0.39 is 5.79 Å². The molecule has 2 atom stereocenters. The highest BCUT2D eigenvalue weighted by Gasteiger charge is 2.51. The summed E-state index contributed by atoms with van der Waals surface area (Å²) in [5.74, 6) is -0.819. The minimum atomic E-state index is -0.475. The third-order valence-electron chi connectivity index (χ3n) is 6.02. The van der Waals surface area contributed by atoms with Crippen LogP contribution in [0.15, 0.2) is 12.1 Å². The van der Waals surface area contributed by atoms with Crippen LogP contribution in [0.1, 0.15) is 36.0 Å². The van der Waals surface area contributed by atoms with E-state index in [1.54, 1.807) is 0 Å². The Labute approximate surface area is 160 Å². The average molecular weight is 372 g/mol. The van der Waals surface area contributed by atoms with Gasteiger partial charge in [-0.3, -0.25) is 9.59 Å². The fourth-order valence-electron chi connectivity index (χ4n) is 4.44. The van der Waals surface area contributed by atoms with Crippen LogP contribution in [0.2, 0.25) is 0 Å². The Bertz CT molecular complexity index is 736. The summed E-state index contributed by atoms with van der Waals surface area (Å²) in [6.07, 6.45) is 2.07. The number of amides is 2. The van der Waals surface area contributed by atoms with Crippen LogP contribution in [0.4, 0.5) is 5.69 Å². The second-order valence-electron chi connectivity index (χ2n) is 8.14. The molecule has 1 aromatic rings. The van der Waals surface area contributed by atoms with Gasteiger partial charge in [-0.15, -0.1) is 0 Å². The molecule has 1 spiro atoms. The molecule has 2 amide bonds. The van der Waals surface area contributed by atoms with Crippen LogP contribution in [-0.2, 0) is 19.1 Å². The zero-order valence-electron chi connectivity index (χ0n) is 16.3. The van der Waals surface area contributed by atoms with E-state index in [0.717, 1.165) is 16.8 Å². The van der Waals surface area contributed by atoms with Crippen molar-refractivity contribution in [2.75, 3.05) is 31.6 Å². The van der Waals surface area contributed by atoms with Crippen molar-refractivity contribution in [1.29, 1.82) is 0 Å². The molecule has 1 aromatic carbocycles. The highest BCUT2D eigenvalue weighted by Crippen LogP contribution is 2.42. The molecular weight excluding hydrogens is 344 g/mol. The molecule has 1 aliphatic carbocycles. The van der Waals surface area contributed by atoms with Gasteiger partial charge >= 0.3 is 0 Å². The lowest BCUT2D eigenvalue weighted by Gasteiger charge is -2.37. The van der Waals surface area contributed by atoms with Gasteiger partial charge in [-0.1, -0.05) is 17.7 Å². The molecule has 0 radical (unpaired) electrons. The highest BCUT2D eigenvalue weighted by molar-refractivity contribution is 6.00. The first-order chi connectivity index (χ1) is 12.9. The van der Waals surface area contributed by atoms with Crippen LogP contribution >= 0.6 is 0 Å². The monoisotopic (exact) mass is 372 g/mol. The van der Waals surface area contributed by atoms with Crippen LogP contribution in [0.5, 0.6) is 0 Å². The number of anilines is 1. The Morgan fingerprint density at radius 2 is 1.63 bits per heavy atom. The predicted octanol–water partition coefficient (Wildman–Crippen LogP) is 2.55. The van der Waals surface area contributed by atoms with Crippen molar-refractivity contribution in [2.45, 2.75) is 45.8 Å². The number of nitrogens with zero attached hydrogens (tertiary/aromatic N) is 1. The number of aryl methyl sites for hydroxylation is 3. The summed E-state index contributed by atoms with van der Waals surface area (Å²) in [7, 11) is 0. The van der Waals surface area contributed by atoms with Gasteiger partial charge < -0.3 is 19.7 Å². The first-order valence-electron chi connectivity index (χ1n) is 9.84. The van der Waals surface area contributed by atoms with Crippen molar-refractivity contribution in [2.24, 2.45) is 11.8 Å². The highest BCUT2D eigenvalue weighted by atomic mass is 16.7. The number of piperidine rings is 1. The van der Waals surface area contributed by atoms with Crippen LogP contribution in [-0.4, -0.2) is 48.8 Å². The van der Waals surface area contributed by atoms with E-state index in [-0.39, 0.29) is 23.7 Å². The zero-order valence-corrected chi connectivity index (χ0v) is 16.3. The van der Waals surface area contributed by atoms with Crippen molar-refractivity contribution >= 4 is 17.5 Å². The molecule has 6 heteroatoms. The molecular formula is C21H28N2O4. The van der Waals surface area contributed by atoms with Gasteiger partial charge in [-0.05, 0) is 38.3 Å². The van der Waals surface area contributed by atoms with Crippen LogP contribution < -0.4 is 5.32 Å². The summed E-state index contributed by atoms with van der Waals surface area (Å²) >= 11 is 0. The van der Waals surface area contributed by atoms with E-state index in [2.05, 4.69) is 17.4 Å². The van der Waals surface area contributed by atoms with E-state index >= 15 is 0 Å². The number of hydrogen-bond donors (Lipinski definition) is 1. The van der Waals surface area contributed by atoms with Gasteiger partial charge in [0.1, 0.15) is 0 Å². The maximum atomic E-state index is 12.8. The number of ether oxygens (including phenoxy) is 2. The van der Waals surface area contributed by atoms with Gasteiger partial charge in [0.15, 0.2) is 5.79 Å². The standard InChI is InChI=1S/C21H28N2O4/c1-13-10-14(2)18(15(3)11-13)22-19(24)16-12-17(16)20(25)23-6-4-21(5-7-23)26-8-9-27-21/h10-11,16-17H,4-9,12H2,1-3H3,(H,22,24). The first-order valence-corrected chi connectivity index (χ1v) is 9.84. The fourth-order valence-corrected chi connectivity index (χ4v) is 4.44. The lowest BCUT2D eigenvalue weighted by Crippen LogP contribution is -2.48. The Morgan fingerprint density at radius 3 is 2.22 bits per heavy atom. The second kappa shape index (κ2) is 6.91. The molecule has 0 bridgehead atoms. The minimum Gasteiger partial charge on any atom is -0.347 e. The summed E-state index contributed by atoms with van der Waals surface area (Å²) in [6.45, 7) is 8.60. The molecule has 4 rings (SSSR count). The summed E-state index contributed by atoms with van der Waals surface area (Å²) in [4.78, 5) is 27.3. The van der Waals surface area contributed by atoms with Crippen molar-refractivity contribution < 1.29 is 19.1 Å². The summed E-state index contributed by atoms with van der Waals surface area (Å²) in [6, 6.07) is 4.13. The third kappa shape index (κ3) is 3.60. The Morgan fingerprint density at radius 1 is 1.04 bits per heavy atom. The smallest absolute Gasteiger partial charge is 0.228 e. The van der Waals surface area contributed by atoms with Gasteiger partial charge in [0.05, 0.1) is 25.0 Å². The lowest BCUT2D eigenvalue weighted by molar-refractivity contribution is -0.187. The maximum Gasteiger partial charge on any atom is 0.228 e. The van der Waals surface area contributed by atoms with Gasteiger partial charge in [-0.25, -0.2) is 0 Å². The minimum absolute atomic E-state index is 0.0423. The average Bonchev–Trinajstić information content (AvgIpc) is 3.32. The quantitative estimate of drug-likeness (QED) is 0.885. The molecule has 2 unspecified atom stereocenters. The van der Waals surface area contributed by atoms with Gasteiger partial charge in [0.2, 0.25) is 11.8 Å². The molecule has 1 N–H and O–H groups in total. The van der Waals surface area contributed by atoms with E-state index in [4.69, 9.17) is 9.47 Å². The molecule has 0 aromatic heterocycles. The van der Waals surface area contributed by atoms with E-state index in [1.165, 1.54) is 5.56 Å². The molecule has 3 aliphatic rings. The summed E-state index contributed by atoms with van der Waals surface area (Å²) in [5, 5.41) is 3.05. The number of hydrogen-bond acceptors (Lipinski definition) is 4. The zero-order chi connectivity index (χ0) is 19.2. The molecule has 2 heterocycles. The number of carbonyl (C=O) groups excluding carboxylic acids is 2. The summed E-state index contributed by atoms with van der Waals surface area (Å²) in [5.41, 5.74) is 4.17. The number of likely N-dealkylation sites (tertiary alicyclic amines) is 1. The van der Waals surface area contributed by atoms with Crippen LogP contribution in [0, 0.1) is 32.6 Å². The molecule has 146 valence electrons. The van der Waals surface area contributed by atoms with Crippen LogP contribution in [0.3, 0.4) is 0 Å². The van der Waals surface area contributed by atoms with Crippen molar-refractivity contribution in [3.8, 4) is 0 Å². The molecule has 6 nitrogen and oxygen atoms in total. The Balaban J connectivity index is 1.33. The third-order valence-corrected chi connectivity index (χ3v) is 6.02. The molecule has 2 saturated heterocycles. The maximum absolute atomic E-state index is 12.8. The van der Waals surface area contributed by atoms with Gasteiger partial charge in [0.25, 0.3) is 0 Å². The number of benzene rings is 1. The van der Waals surface area contributed by atoms with E-state index in [1.807, 2.05) is 25.7 Å². The normalized spacial score (nSPS) is 26.3. The largest absolute Gasteiger partial charge is 0.347 e. The molecule has 1 saturated carbocycles. The van der Waals surface area contributed by atoms with Crippen molar-refractivity contribution in [3.63, 3.8) is 0 Å². The SMILES string of the molecule is Cc1cc(C)c(NC(=O)C2CC2C(=O)N2CCC3(CC2)OCCO3)c(C)c1. The molecule has 27 heavy (non-hydrogen) atoms. The van der Waals surface area contributed by atoms with Crippen LogP contribution in [0.25, 0.3) is 0 Å². The summed E-state index contributed by atoms with van der Waals surface area (Å²) < 4.78 is 11.4. The van der Waals surface area contributed by atoms with Gasteiger partial charge in [-0.2, -0.15) is 0 Å². The van der Waals surface area contributed by atoms with E-state index in [9.17, 15) is 9.59 Å².